The van der Waals surface area contributed by atoms with E-state index >= 15 is 0 Å². The molecule has 2 rings (SSSR count). The third kappa shape index (κ3) is 4.83. The van der Waals surface area contributed by atoms with E-state index in [9.17, 15) is 9.90 Å². The molecular weight excluding hydrogens is 302 g/mol. The molecule has 24 heavy (non-hydrogen) atoms. The first-order valence-electron chi connectivity index (χ1n) is 8.17. The van der Waals surface area contributed by atoms with Crippen LogP contribution in [0.1, 0.15) is 40.7 Å². The Morgan fingerprint density at radius 3 is 2.54 bits per heavy atom. The summed E-state index contributed by atoms with van der Waals surface area (Å²) in [7, 11) is 1.60. The van der Waals surface area contributed by atoms with Crippen molar-refractivity contribution in [3.8, 4) is 5.75 Å². The average molecular weight is 327 g/mol. The van der Waals surface area contributed by atoms with Gasteiger partial charge in [0.05, 0.1) is 13.2 Å². The van der Waals surface area contributed by atoms with Crippen molar-refractivity contribution < 1.29 is 14.6 Å². The highest BCUT2D eigenvalue weighted by atomic mass is 16.5. The lowest BCUT2D eigenvalue weighted by atomic mass is 9.93. The molecular formula is C20H25NO3. The zero-order valence-electron chi connectivity index (χ0n) is 14.5. The lowest BCUT2D eigenvalue weighted by Crippen LogP contribution is -2.29. The van der Waals surface area contributed by atoms with Crippen LogP contribution in [0.2, 0.25) is 0 Å². The number of nitrogens with one attached hydrogen (secondary N) is 1. The van der Waals surface area contributed by atoms with E-state index in [0.717, 1.165) is 11.1 Å². The molecule has 0 fully saturated rings. The zero-order valence-corrected chi connectivity index (χ0v) is 14.5. The molecule has 2 N–H and O–H groups in total. The van der Waals surface area contributed by atoms with Gasteiger partial charge in [-0.15, -0.1) is 0 Å². The summed E-state index contributed by atoms with van der Waals surface area (Å²) >= 11 is 0. The van der Waals surface area contributed by atoms with Crippen LogP contribution in [0.5, 0.6) is 5.75 Å². The Kier molecular flexibility index (Phi) is 6.38. The van der Waals surface area contributed by atoms with Gasteiger partial charge in [-0.3, -0.25) is 4.79 Å². The largest absolute Gasteiger partial charge is 0.496 e. The summed E-state index contributed by atoms with van der Waals surface area (Å²) in [4.78, 5) is 12.4. The van der Waals surface area contributed by atoms with Crippen molar-refractivity contribution in [2.24, 2.45) is 0 Å². The predicted molar refractivity (Wildman–Crippen MR) is 95.5 cm³/mol. The molecule has 2 aromatic carbocycles. The van der Waals surface area contributed by atoms with Crippen LogP contribution in [0.3, 0.4) is 0 Å². The topological polar surface area (TPSA) is 58.6 Å². The molecule has 2 atom stereocenters. The first-order chi connectivity index (χ1) is 11.5. The number of hydrogen-bond acceptors (Lipinski definition) is 3. The molecule has 0 bridgehead atoms. The minimum Gasteiger partial charge on any atom is -0.496 e. The van der Waals surface area contributed by atoms with Crippen LogP contribution in [0, 0.1) is 6.92 Å². The number of aliphatic hydroxyl groups is 1. The maximum Gasteiger partial charge on any atom is 0.251 e. The molecule has 0 saturated heterocycles. The van der Waals surface area contributed by atoms with Gasteiger partial charge in [0, 0.05) is 18.0 Å². The summed E-state index contributed by atoms with van der Waals surface area (Å²) in [6, 6.07) is 15.4. The van der Waals surface area contributed by atoms with Crippen LogP contribution in [-0.4, -0.2) is 30.8 Å². The van der Waals surface area contributed by atoms with E-state index in [1.54, 1.807) is 26.2 Å². The maximum absolute atomic E-state index is 12.4. The van der Waals surface area contributed by atoms with Crippen LogP contribution >= 0.6 is 0 Å². The summed E-state index contributed by atoms with van der Waals surface area (Å²) < 4.78 is 5.27. The summed E-state index contributed by atoms with van der Waals surface area (Å²) in [6.07, 6.45) is 0.174. The van der Waals surface area contributed by atoms with Crippen molar-refractivity contribution in [2.45, 2.75) is 32.3 Å². The van der Waals surface area contributed by atoms with E-state index in [4.69, 9.17) is 4.74 Å². The molecule has 0 saturated carbocycles. The molecule has 0 aliphatic heterocycles. The minimum absolute atomic E-state index is 0.0718. The van der Waals surface area contributed by atoms with E-state index in [2.05, 4.69) is 5.32 Å². The molecule has 0 aliphatic carbocycles. The Labute approximate surface area is 143 Å². The molecule has 1 amide bonds. The maximum atomic E-state index is 12.4. The fourth-order valence-corrected chi connectivity index (χ4v) is 2.75. The van der Waals surface area contributed by atoms with Crippen LogP contribution in [0.25, 0.3) is 0 Å². The third-order valence-corrected chi connectivity index (χ3v) is 4.08. The molecule has 0 aliphatic rings. The van der Waals surface area contributed by atoms with Gasteiger partial charge in [-0.25, -0.2) is 0 Å². The summed E-state index contributed by atoms with van der Waals surface area (Å²) in [5.41, 5.74) is 2.67. The Morgan fingerprint density at radius 2 is 1.92 bits per heavy atom. The van der Waals surface area contributed by atoms with Crippen molar-refractivity contribution in [1.82, 2.24) is 5.32 Å². The lowest BCUT2D eigenvalue weighted by molar-refractivity contribution is 0.0945. The molecule has 2 aromatic rings. The number of rotatable bonds is 7. The SMILES string of the molecule is COc1cc(C(=O)NCC(CC(C)O)c2ccccc2)ccc1C. The van der Waals surface area contributed by atoms with Gasteiger partial charge in [-0.05, 0) is 43.5 Å². The molecule has 0 heterocycles. The van der Waals surface area contributed by atoms with Crippen molar-refractivity contribution in [1.29, 1.82) is 0 Å². The molecule has 4 heteroatoms. The van der Waals surface area contributed by atoms with Gasteiger partial charge < -0.3 is 15.2 Å². The van der Waals surface area contributed by atoms with Gasteiger partial charge in [0.1, 0.15) is 5.75 Å². The van der Waals surface area contributed by atoms with E-state index in [1.165, 1.54) is 0 Å². The molecule has 0 radical (unpaired) electrons. The third-order valence-electron chi connectivity index (χ3n) is 4.08. The van der Waals surface area contributed by atoms with Gasteiger partial charge >= 0.3 is 0 Å². The Morgan fingerprint density at radius 1 is 1.21 bits per heavy atom. The van der Waals surface area contributed by atoms with Crippen molar-refractivity contribution in [3.05, 3.63) is 65.2 Å². The standard InChI is InChI=1S/C20H25NO3/c1-14-9-10-17(12-19(14)24-3)20(23)21-13-18(11-15(2)22)16-7-5-4-6-8-16/h4-10,12,15,18,22H,11,13H2,1-3H3,(H,21,23). The Bertz CT molecular complexity index is 668. The molecule has 2 unspecified atom stereocenters. The second-order valence-electron chi connectivity index (χ2n) is 6.09. The highest BCUT2D eigenvalue weighted by Gasteiger charge is 2.16. The summed E-state index contributed by atoms with van der Waals surface area (Å²) in [5.74, 6) is 0.633. The van der Waals surface area contributed by atoms with Crippen LogP contribution in [0.4, 0.5) is 0 Å². The normalized spacial score (nSPS) is 13.2. The van der Waals surface area contributed by atoms with Crippen molar-refractivity contribution in [3.63, 3.8) is 0 Å². The zero-order chi connectivity index (χ0) is 17.5. The highest BCUT2D eigenvalue weighted by Crippen LogP contribution is 2.22. The van der Waals surface area contributed by atoms with Crippen LogP contribution < -0.4 is 10.1 Å². The van der Waals surface area contributed by atoms with E-state index in [0.29, 0.717) is 24.3 Å². The minimum atomic E-state index is -0.424. The average Bonchev–Trinajstić information content (AvgIpc) is 2.59. The number of benzene rings is 2. The number of aliphatic hydroxyl groups excluding tert-OH is 1. The molecule has 128 valence electrons. The highest BCUT2D eigenvalue weighted by molar-refractivity contribution is 5.94. The number of hydrogen-bond donors (Lipinski definition) is 2. The molecule has 0 spiro atoms. The first-order valence-corrected chi connectivity index (χ1v) is 8.17. The summed E-state index contributed by atoms with van der Waals surface area (Å²) in [5, 5.41) is 12.7. The van der Waals surface area contributed by atoms with Crippen molar-refractivity contribution in [2.75, 3.05) is 13.7 Å². The second kappa shape index (κ2) is 8.50. The van der Waals surface area contributed by atoms with Crippen LogP contribution in [0.15, 0.2) is 48.5 Å². The monoisotopic (exact) mass is 327 g/mol. The lowest BCUT2D eigenvalue weighted by Gasteiger charge is -2.20. The van der Waals surface area contributed by atoms with Gasteiger partial charge in [0.25, 0.3) is 5.91 Å². The Balaban J connectivity index is 2.07. The van der Waals surface area contributed by atoms with Gasteiger partial charge in [-0.1, -0.05) is 36.4 Å². The quantitative estimate of drug-likeness (QED) is 0.820. The van der Waals surface area contributed by atoms with E-state index in [1.807, 2.05) is 43.3 Å². The number of ether oxygens (including phenoxy) is 1. The second-order valence-corrected chi connectivity index (χ2v) is 6.09. The van der Waals surface area contributed by atoms with Crippen molar-refractivity contribution >= 4 is 5.91 Å². The van der Waals surface area contributed by atoms with E-state index < -0.39 is 6.10 Å². The fourth-order valence-electron chi connectivity index (χ4n) is 2.75. The Hall–Kier alpha value is -2.33. The van der Waals surface area contributed by atoms with Gasteiger partial charge in [0.2, 0.25) is 0 Å². The molecule has 0 aromatic heterocycles. The van der Waals surface area contributed by atoms with Crippen LogP contribution in [-0.2, 0) is 0 Å². The summed E-state index contributed by atoms with van der Waals surface area (Å²) in [6.45, 7) is 4.18. The number of methoxy groups -OCH3 is 1. The smallest absolute Gasteiger partial charge is 0.251 e. The molecule has 4 nitrogen and oxygen atoms in total. The predicted octanol–water partition coefficient (Wildman–Crippen LogP) is 3.29. The van der Waals surface area contributed by atoms with Gasteiger partial charge in [0.15, 0.2) is 0 Å². The van der Waals surface area contributed by atoms with Gasteiger partial charge in [-0.2, -0.15) is 0 Å². The number of amides is 1. The first kappa shape index (κ1) is 18.0. The van der Waals surface area contributed by atoms with E-state index in [-0.39, 0.29) is 11.8 Å². The number of carbonyl (C=O) groups excluding carboxylic acids is 1. The number of carbonyl (C=O) groups is 1. The number of aryl methyl sites for hydroxylation is 1. The fraction of sp³-hybridized carbons (Fsp3) is 0.350.